The van der Waals surface area contributed by atoms with E-state index in [0.717, 1.165) is 24.1 Å². The van der Waals surface area contributed by atoms with E-state index < -0.39 is 5.91 Å². The third kappa shape index (κ3) is 5.99. The van der Waals surface area contributed by atoms with Crippen LogP contribution in [-0.4, -0.2) is 45.8 Å². The highest BCUT2D eigenvalue weighted by molar-refractivity contribution is 6.05. The second-order valence-corrected chi connectivity index (χ2v) is 8.68. The molecule has 0 unspecified atom stereocenters. The zero-order valence-corrected chi connectivity index (χ0v) is 20.2. The summed E-state index contributed by atoms with van der Waals surface area (Å²) in [5.74, 6) is -0.776. The Labute approximate surface area is 215 Å². The molecule has 1 aliphatic rings. The molecule has 8 nitrogen and oxygen atoms in total. The van der Waals surface area contributed by atoms with Crippen molar-refractivity contribution in [1.82, 2.24) is 25.4 Å². The van der Waals surface area contributed by atoms with Gasteiger partial charge in [-0.2, -0.15) is 5.10 Å². The Morgan fingerprint density at radius 1 is 1.03 bits per heavy atom. The first-order valence-electron chi connectivity index (χ1n) is 12.2. The number of para-hydroxylation sites is 1. The van der Waals surface area contributed by atoms with E-state index in [0.29, 0.717) is 30.0 Å². The van der Waals surface area contributed by atoms with Crippen LogP contribution in [0, 0.1) is 0 Å². The molecule has 2 amide bonds. The SMILES string of the molecule is O=C(NC[C@H]1CCCO1)/C(=C\c1cn(-c2ccccc2)nc1-c1cccnc1)NC(=O)c1ccccc1. The summed E-state index contributed by atoms with van der Waals surface area (Å²) >= 11 is 0. The number of carbonyl (C=O) groups is 2. The Hall–Kier alpha value is -4.56. The molecule has 0 saturated carbocycles. The number of ether oxygens (including phenoxy) is 1. The van der Waals surface area contributed by atoms with Crippen LogP contribution >= 0.6 is 0 Å². The van der Waals surface area contributed by atoms with E-state index in [1.807, 2.05) is 54.7 Å². The van der Waals surface area contributed by atoms with Crippen LogP contribution in [0.15, 0.2) is 97.1 Å². The number of nitrogens with zero attached hydrogens (tertiary/aromatic N) is 3. The molecule has 1 aliphatic heterocycles. The molecule has 3 heterocycles. The van der Waals surface area contributed by atoms with Gasteiger partial charge in [0.05, 0.1) is 11.8 Å². The van der Waals surface area contributed by atoms with Crippen molar-refractivity contribution in [2.45, 2.75) is 18.9 Å². The first-order chi connectivity index (χ1) is 18.2. The summed E-state index contributed by atoms with van der Waals surface area (Å²) < 4.78 is 7.38. The zero-order valence-electron chi connectivity index (χ0n) is 20.2. The number of pyridine rings is 1. The molecule has 1 saturated heterocycles. The first kappa shape index (κ1) is 24.1. The van der Waals surface area contributed by atoms with Gasteiger partial charge >= 0.3 is 0 Å². The van der Waals surface area contributed by atoms with Gasteiger partial charge in [0.25, 0.3) is 11.8 Å². The standard InChI is InChI=1S/C29H27N5O3/c35-28(21-9-3-1-4-10-21)32-26(29(36)31-19-25-14-8-16-37-25)17-23-20-34(24-12-5-2-6-13-24)33-27(23)22-11-7-15-30-18-22/h1-7,9-13,15,17-18,20,25H,8,14,16,19H2,(H,31,36)(H,32,35)/b26-17+/t25-/m1/s1. The van der Waals surface area contributed by atoms with Crippen LogP contribution < -0.4 is 10.6 Å². The summed E-state index contributed by atoms with van der Waals surface area (Å²) in [7, 11) is 0. The molecule has 0 radical (unpaired) electrons. The normalized spacial score (nSPS) is 15.4. The maximum atomic E-state index is 13.3. The van der Waals surface area contributed by atoms with Crippen LogP contribution in [-0.2, 0) is 9.53 Å². The van der Waals surface area contributed by atoms with Gasteiger partial charge < -0.3 is 15.4 Å². The molecule has 0 aliphatic carbocycles. The average molecular weight is 494 g/mol. The summed E-state index contributed by atoms with van der Waals surface area (Å²) in [6, 6.07) is 22.2. The second kappa shape index (κ2) is 11.5. The summed E-state index contributed by atoms with van der Waals surface area (Å²) in [5, 5.41) is 10.5. The van der Waals surface area contributed by atoms with Gasteiger partial charge in [-0.1, -0.05) is 36.4 Å². The molecule has 0 spiro atoms. The van der Waals surface area contributed by atoms with Crippen molar-refractivity contribution >= 4 is 17.9 Å². The van der Waals surface area contributed by atoms with Crippen molar-refractivity contribution in [3.8, 4) is 16.9 Å². The van der Waals surface area contributed by atoms with E-state index in [4.69, 9.17) is 9.84 Å². The molecular weight excluding hydrogens is 466 g/mol. The fourth-order valence-corrected chi connectivity index (χ4v) is 4.14. The highest BCUT2D eigenvalue weighted by atomic mass is 16.5. The van der Waals surface area contributed by atoms with E-state index in [9.17, 15) is 9.59 Å². The molecule has 1 fully saturated rings. The quantitative estimate of drug-likeness (QED) is 0.362. The van der Waals surface area contributed by atoms with Gasteiger partial charge in [-0.25, -0.2) is 4.68 Å². The maximum Gasteiger partial charge on any atom is 0.267 e. The largest absolute Gasteiger partial charge is 0.376 e. The van der Waals surface area contributed by atoms with Gasteiger partial charge in [0, 0.05) is 48.4 Å². The van der Waals surface area contributed by atoms with Gasteiger partial charge in [0.1, 0.15) is 11.4 Å². The molecule has 2 N–H and O–H groups in total. The van der Waals surface area contributed by atoms with Crippen molar-refractivity contribution in [3.05, 3.63) is 108 Å². The number of carbonyl (C=O) groups excluding carboxylic acids is 2. The Bertz CT molecular complexity index is 1380. The van der Waals surface area contributed by atoms with Crippen molar-refractivity contribution < 1.29 is 14.3 Å². The minimum atomic E-state index is -0.399. The van der Waals surface area contributed by atoms with Gasteiger partial charge in [-0.15, -0.1) is 0 Å². The third-order valence-electron chi connectivity index (χ3n) is 6.04. The van der Waals surface area contributed by atoms with Crippen LogP contribution in [0.1, 0.15) is 28.8 Å². The molecule has 8 heteroatoms. The van der Waals surface area contributed by atoms with Crippen LogP contribution in [0.4, 0.5) is 0 Å². The zero-order chi connectivity index (χ0) is 25.5. The van der Waals surface area contributed by atoms with E-state index in [2.05, 4.69) is 15.6 Å². The smallest absolute Gasteiger partial charge is 0.267 e. The minimum absolute atomic E-state index is 0.0261. The lowest BCUT2D eigenvalue weighted by atomic mass is 10.1. The predicted molar refractivity (Wildman–Crippen MR) is 141 cm³/mol. The predicted octanol–water partition coefficient (Wildman–Crippen LogP) is 4.00. The summed E-state index contributed by atoms with van der Waals surface area (Å²) in [4.78, 5) is 30.5. The highest BCUT2D eigenvalue weighted by Crippen LogP contribution is 2.25. The molecule has 2 aromatic heterocycles. The number of amides is 2. The topological polar surface area (TPSA) is 98.1 Å². The molecule has 37 heavy (non-hydrogen) atoms. The Morgan fingerprint density at radius 3 is 2.51 bits per heavy atom. The number of nitrogens with one attached hydrogen (secondary N) is 2. The second-order valence-electron chi connectivity index (χ2n) is 8.68. The Morgan fingerprint density at radius 2 is 1.81 bits per heavy atom. The van der Waals surface area contributed by atoms with Crippen molar-refractivity contribution in [1.29, 1.82) is 0 Å². The molecule has 186 valence electrons. The summed E-state index contributed by atoms with van der Waals surface area (Å²) in [5.41, 5.74) is 3.52. The number of hydrogen-bond acceptors (Lipinski definition) is 5. The number of rotatable bonds is 8. The van der Waals surface area contributed by atoms with Gasteiger partial charge in [0.2, 0.25) is 0 Å². The number of benzene rings is 2. The van der Waals surface area contributed by atoms with E-state index in [-0.39, 0.29) is 17.7 Å². The Balaban J connectivity index is 1.52. The van der Waals surface area contributed by atoms with Crippen LogP contribution in [0.5, 0.6) is 0 Å². The summed E-state index contributed by atoms with van der Waals surface area (Å²) in [6.45, 7) is 1.07. The van der Waals surface area contributed by atoms with Crippen molar-refractivity contribution in [3.63, 3.8) is 0 Å². The minimum Gasteiger partial charge on any atom is -0.376 e. The van der Waals surface area contributed by atoms with Crippen LogP contribution in [0.25, 0.3) is 23.0 Å². The number of aromatic nitrogens is 3. The molecule has 2 aromatic carbocycles. The van der Waals surface area contributed by atoms with Crippen LogP contribution in [0.3, 0.4) is 0 Å². The monoisotopic (exact) mass is 493 g/mol. The van der Waals surface area contributed by atoms with Crippen molar-refractivity contribution in [2.75, 3.05) is 13.2 Å². The molecular formula is C29H27N5O3. The van der Waals surface area contributed by atoms with Gasteiger partial charge in [-0.05, 0) is 55.3 Å². The highest BCUT2D eigenvalue weighted by Gasteiger charge is 2.21. The fourth-order valence-electron chi connectivity index (χ4n) is 4.14. The van der Waals surface area contributed by atoms with Crippen LogP contribution in [0.2, 0.25) is 0 Å². The fraction of sp³-hybridized carbons (Fsp3) is 0.172. The molecule has 0 bridgehead atoms. The van der Waals surface area contributed by atoms with E-state index in [1.165, 1.54) is 0 Å². The summed E-state index contributed by atoms with van der Waals surface area (Å²) in [6.07, 6.45) is 8.74. The lowest BCUT2D eigenvalue weighted by molar-refractivity contribution is -0.118. The lowest BCUT2D eigenvalue weighted by Crippen LogP contribution is -2.38. The third-order valence-corrected chi connectivity index (χ3v) is 6.04. The molecule has 5 rings (SSSR count). The Kier molecular flexibility index (Phi) is 7.47. The average Bonchev–Trinajstić information content (AvgIpc) is 3.63. The van der Waals surface area contributed by atoms with Gasteiger partial charge in [0.15, 0.2) is 0 Å². The maximum absolute atomic E-state index is 13.3. The van der Waals surface area contributed by atoms with Gasteiger partial charge in [-0.3, -0.25) is 14.6 Å². The van der Waals surface area contributed by atoms with E-state index >= 15 is 0 Å². The first-order valence-corrected chi connectivity index (χ1v) is 12.2. The number of hydrogen-bond donors (Lipinski definition) is 2. The lowest BCUT2D eigenvalue weighted by Gasteiger charge is -2.14. The van der Waals surface area contributed by atoms with E-state index in [1.54, 1.807) is 47.4 Å². The van der Waals surface area contributed by atoms with Crippen molar-refractivity contribution in [2.24, 2.45) is 0 Å². The molecule has 1 atom stereocenters. The molecule has 4 aromatic rings.